The Balaban J connectivity index is 2.29. The summed E-state index contributed by atoms with van der Waals surface area (Å²) in [4.78, 5) is 15.5. The van der Waals surface area contributed by atoms with Gasteiger partial charge >= 0.3 is 0 Å². The summed E-state index contributed by atoms with van der Waals surface area (Å²) in [6.07, 6.45) is 1.45. The van der Waals surface area contributed by atoms with Crippen molar-refractivity contribution < 1.29 is 13.2 Å². The van der Waals surface area contributed by atoms with Crippen LogP contribution in [0.3, 0.4) is 0 Å². The molecule has 2 rings (SSSR count). The minimum atomic E-state index is -3.80. The molecule has 20 heavy (non-hydrogen) atoms. The minimum absolute atomic E-state index is 0.000944. The van der Waals surface area contributed by atoms with Crippen LogP contribution in [0.2, 0.25) is 5.15 Å². The predicted octanol–water partition coefficient (Wildman–Crippen LogP) is 1.96. The lowest BCUT2D eigenvalue weighted by atomic mass is 10.4. The molecule has 0 aromatic carbocycles. The van der Waals surface area contributed by atoms with Crippen molar-refractivity contribution in [2.75, 3.05) is 11.8 Å². The van der Waals surface area contributed by atoms with Gasteiger partial charge in [0.05, 0.1) is 15.5 Å². The molecule has 2 aromatic heterocycles. The monoisotopic (exact) mass is 331 g/mol. The van der Waals surface area contributed by atoms with E-state index in [2.05, 4.69) is 15.0 Å². The molecule has 0 bridgehead atoms. The molecule has 0 atom stereocenters. The summed E-state index contributed by atoms with van der Waals surface area (Å²) in [5.74, 6) is -0.337. The molecule has 0 aliphatic carbocycles. The van der Waals surface area contributed by atoms with E-state index in [0.29, 0.717) is 4.88 Å². The third-order valence-electron chi connectivity index (χ3n) is 2.34. The van der Waals surface area contributed by atoms with E-state index in [4.69, 9.17) is 11.6 Å². The van der Waals surface area contributed by atoms with Crippen molar-refractivity contribution in [2.45, 2.75) is 4.90 Å². The van der Waals surface area contributed by atoms with Gasteiger partial charge in [0.1, 0.15) is 0 Å². The van der Waals surface area contributed by atoms with Crippen molar-refractivity contribution in [3.05, 3.63) is 39.8 Å². The summed E-state index contributed by atoms with van der Waals surface area (Å²) in [6.45, 7) is 0. The Morgan fingerprint density at radius 1 is 1.45 bits per heavy atom. The largest absolute Gasteiger partial charge is 0.354 e. The van der Waals surface area contributed by atoms with Crippen molar-refractivity contribution >= 4 is 44.6 Å². The molecule has 2 heterocycles. The molecule has 0 fully saturated rings. The van der Waals surface area contributed by atoms with E-state index in [1.807, 2.05) is 0 Å². The van der Waals surface area contributed by atoms with Gasteiger partial charge in [-0.05, 0) is 18.2 Å². The number of thiophene rings is 1. The molecule has 2 aromatic rings. The van der Waals surface area contributed by atoms with Crippen LogP contribution in [0.4, 0.5) is 5.69 Å². The van der Waals surface area contributed by atoms with Crippen LogP contribution in [0.1, 0.15) is 9.67 Å². The highest BCUT2D eigenvalue weighted by Gasteiger charge is 2.19. The van der Waals surface area contributed by atoms with Gasteiger partial charge in [-0.15, -0.1) is 11.3 Å². The van der Waals surface area contributed by atoms with E-state index in [0.717, 1.165) is 11.3 Å². The molecule has 0 radical (unpaired) electrons. The first-order valence-electron chi connectivity index (χ1n) is 5.38. The highest BCUT2D eigenvalue weighted by atomic mass is 35.5. The van der Waals surface area contributed by atoms with Gasteiger partial charge in [-0.3, -0.25) is 9.52 Å². The molecular weight excluding hydrogens is 322 g/mol. The van der Waals surface area contributed by atoms with Gasteiger partial charge in [-0.1, -0.05) is 11.6 Å². The lowest BCUT2D eigenvalue weighted by Crippen LogP contribution is -2.16. The van der Waals surface area contributed by atoms with E-state index >= 15 is 0 Å². The van der Waals surface area contributed by atoms with Gasteiger partial charge in [0.2, 0.25) is 0 Å². The Morgan fingerprint density at radius 2 is 2.20 bits per heavy atom. The number of carbonyl (C=O) groups excluding carboxylic acids is 1. The number of nitrogens with zero attached hydrogens (tertiary/aromatic N) is 1. The second kappa shape index (κ2) is 5.78. The third-order valence-corrected chi connectivity index (χ3v) is 5.06. The normalized spacial score (nSPS) is 11.1. The number of sulfonamides is 1. The lowest BCUT2D eigenvalue weighted by Gasteiger charge is -2.06. The Morgan fingerprint density at radius 3 is 2.85 bits per heavy atom. The average Bonchev–Trinajstić information content (AvgIpc) is 2.91. The molecule has 106 valence electrons. The highest BCUT2D eigenvalue weighted by molar-refractivity contribution is 7.92. The van der Waals surface area contributed by atoms with Gasteiger partial charge in [0, 0.05) is 18.6 Å². The smallest absolute Gasteiger partial charge is 0.262 e. The van der Waals surface area contributed by atoms with Gasteiger partial charge in [0.15, 0.2) is 5.15 Å². The summed E-state index contributed by atoms with van der Waals surface area (Å²) in [5, 5.41) is 3.87. The molecule has 0 saturated heterocycles. The van der Waals surface area contributed by atoms with Gasteiger partial charge < -0.3 is 5.32 Å². The molecule has 2 N–H and O–H groups in total. The molecule has 0 spiro atoms. The van der Waals surface area contributed by atoms with Crippen molar-refractivity contribution in [1.82, 2.24) is 10.3 Å². The third kappa shape index (κ3) is 3.09. The number of hydrogen-bond donors (Lipinski definition) is 2. The number of rotatable bonds is 4. The molecule has 0 unspecified atom stereocenters. The van der Waals surface area contributed by atoms with Crippen LogP contribution >= 0.6 is 22.9 Å². The standard InChI is InChI=1S/C11H10ClN3O3S2/c1-13-11(16)9-5-7(6-19-9)20(17,18)15-8-3-2-4-14-10(8)12/h2-6,15H,1H3,(H,13,16). The van der Waals surface area contributed by atoms with Gasteiger partial charge in [-0.25, -0.2) is 13.4 Å². The summed E-state index contributed by atoms with van der Waals surface area (Å²) in [5.41, 5.74) is 0.182. The fraction of sp³-hybridized carbons (Fsp3) is 0.0909. The zero-order valence-corrected chi connectivity index (χ0v) is 12.6. The highest BCUT2D eigenvalue weighted by Crippen LogP contribution is 2.24. The van der Waals surface area contributed by atoms with E-state index in [1.165, 1.54) is 30.8 Å². The van der Waals surface area contributed by atoms with Gasteiger partial charge in [0.25, 0.3) is 15.9 Å². The number of amides is 1. The zero-order chi connectivity index (χ0) is 14.8. The average molecular weight is 332 g/mol. The van der Waals surface area contributed by atoms with E-state index in [1.54, 1.807) is 6.07 Å². The Hall–Kier alpha value is -1.64. The Labute approximate surface area is 124 Å². The maximum atomic E-state index is 12.2. The fourth-order valence-electron chi connectivity index (χ4n) is 1.37. The molecule has 0 aliphatic rings. The lowest BCUT2D eigenvalue weighted by molar-refractivity contribution is 0.0967. The number of pyridine rings is 1. The van der Waals surface area contributed by atoms with E-state index < -0.39 is 10.0 Å². The molecule has 0 saturated carbocycles. The summed E-state index contributed by atoms with van der Waals surface area (Å²) in [7, 11) is -2.32. The molecule has 9 heteroatoms. The van der Waals surface area contributed by atoms with Crippen LogP contribution in [-0.2, 0) is 10.0 Å². The second-order valence-electron chi connectivity index (χ2n) is 3.67. The van der Waals surface area contributed by atoms with Crippen LogP contribution in [0.5, 0.6) is 0 Å². The van der Waals surface area contributed by atoms with Crippen LogP contribution in [0.25, 0.3) is 0 Å². The molecule has 6 nitrogen and oxygen atoms in total. The fourth-order valence-corrected chi connectivity index (χ4v) is 3.88. The summed E-state index contributed by atoms with van der Waals surface area (Å²) < 4.78 is 26.6. The maximum absolute atomic E-state index is 12.2. The van der Waals surface area contributed by atoms with Crippen molar-refractivity contribution in [1.29, 1.82) is 0 Å². The molecule has 1 amide bonds. The number of anilines is 1. The Bertz CT molecular complexity index is 743. The van der Waals surface area contributed by atoms with E-state index in [9.17, 15) is 13.2 Å². The zero-order valence-electron chi connectivity index (χ0n) is 10.3. The quantitative estimate of drug-likeness (QED) is 0.838. The van der Waals surface area contributed by atoms with Crippen LogP contribution < -0.4 is 10.0 Å². The number of halogens is 1. The molecule has 0 aliphatic heterocycles. The minimum Gasteiger partial charge on any atom is -0.354 e. The van der Waals surface area contributed by atoms with E-state index in [-0.39, 0.29) is 21.6 Å². The van der Waals surface area contributed by atoms with Gasteiger partial charge in [-0.2, -0.15) is 0 Å². The number of aromatic nitrogens is 1. The number of carbonyl (C=O) groups is 1. The summed E-state index contributed by atoms with van der Waals surface area (Å²) in [6, 6.07) is 4.36. The first-order chi connectivity index (χ1) is 9.44. The van der Waals surface area contributed by atoms with Crippen molar-refractivity contribution in [3.8, 4) is 0 Å². The van der Waals surface area contributed by atoms with Crippen LogP contribution in [0.15, 0.2) is 34.7 Å². The SMILES string of the molecule is CNC(=O)c1cc(S(=O)(=O)Nc2cccnc2Cl)cs1. The number of nitrogens with one attached hydrogen (secondary N) is 2. The summed E-state index contributed by atoms with van der Waals surface area (Å²) >= 11 is 6.84. The second-order valence-corrected chi connectivity index (χ2v) is 6.62. The molecular formula is C11H10ClN3O3S2. The van der Waals surface area contributed by atoms with Crippen molar-refractivity contribution in [2.24, 2.45) is 0 Å². The topological polar surface area (TPSA) is 88.2 Å². The first-order valence-corrected chi connectivity index (χ1v) is 8.12. The van der Waals surface area contributed by atoms with Crippen LogP contribution in [-0.4, -0.2) is 26.4 Å². The van der Waals surface area contributed by atoms with Crippen LogP contribution in [0, 0.1) is 0 Å². The first kappa shape index (κ1) is 14.8. The van der Waals surface area contributed by atoms with Crippen molar-refractivity contribution in [3.63, 3.8) is 0 Å². The maximum Gasteiger partial charge on any atom is 0.262 e. The Kier molecular flexibility index (Phi) is 4.26. The predicted molar refractivity (Wildman–Crippen MR) is 77.8 cm³/mol. The number of hydrogen-bond acceptors (Lipinski definition) is 5.